The van der Waals surface area contributed by atoms with Gasteiger partial charge in [0.15, 0.2) is 0 Å². The van der Waals surface area contributed by atoms with Crippen molar-refractivity contribution < 1.29 is 4.79 Å². The maximum absolute atomic E-state index is 11.1. The summed E-state index contributed by atoms with van der Waals surface area (Å²) in [5, 5.41) is 2.72. The Labute approximate surface area is 66.3 Å². The van der Waals surface area contributed by atoms with Crippen molar-refractivity contribution in [2.45, 2.75) is 6.42 Å². The van der Waals surface area contributed by atoms with E-state index < -0.39 is 0 Å². The lowest BCUT2D eigenvalue weighted by molar-refractivity contribution is -0.117. The van der Waals surface area contributed by atoms with E-state index in [-0.39, 0.29) is 5.91 Å². The Morgan fingerprint density at radius 3 is 3.09 bits per heavy atom. The van der Waals surface area contributed by atoms with Gasteiger partial charge >= 0.3 is 0 Å². The zero-order valence-corrected chi connectivity index (χ0v) is 6.34. The molecule has 2 heteroatoms. The van der Waals surface area contributed by atoms with Crippen molar-refractivity contribution in [3.8, 4) is 0 Å². The molecule has 1 heterocycles. The topological polar surface area (TPSA) is 29.1 Å². The molecule has 0 bridgehead atoms. The van der Waals surface area contributed by atoms with Crippen molar-refractivity contribution >= 4 is 5.91 Å². The van der Waals surface area contributed by atoms with E-state index in [2.05, 4.69) is 11.9 Å². The molecular weight excluding hydrogens is 138 g/mol. The molecule has 2 nitrogen and oxygen atoms in total. The van der Waals surface area contributed by atoms with Crippen LogP contribution in [-0.4, -0.2) is 12.5 Å². The van der Waals surface area contributed by atoms with E-state index in [1.807, 2.05) is 18.2 Å². The highest BCUT2D eigenvalue weighted by Gasteiger charge is 2.03. The molecule has 0 aromatic heterocycles. The van der Waals surface area contributed by atoms with E-state index in [4.69, 9.17) is 0 Å². The van der Waals surface area contributed by atoms with Gasteiger partial charge in [-0.2, -0.15) is 0 Å². The fourth-order valence-corrected chi connectivity index (χ4v) is 0.897. The first-order valence-electron chi connectivity index (χ1n) is 3.60. The molecule has 0 radical (unpaired) electrons. The van der Waals surface area contributed by atoms with Crippen LogP contribution < -0.4 is 5.32 Å². The molecule has 1 amide bonds. The van der Waals surface area contributed by atoms with Gasteiger partial charge in [0, 0.05) is 12.1 Å². The second-order valence-electron chi connectivity index (χ2n) is 2.28. The maximum Gasteiger partial charge on any atom is 0.251 e. The Morgan fingerprint density at radius 2 is 2.36 bits per heavy atom. The van der Waals surface area contributed by atoms with Crippen LogP contribution in [0.15, 0.2) is 36.5 Å². The minimum atomic E-state index is -0.0376. The number of amides is 1. The Kier molecular flexibility index (Phi) is 2.66. The molecule has 0 atom stereocenters. The minimum absolute atomic E-state index is 0.0376. The standard InChI is InChI=1S/C9H11NO/c1-2-8-6-4-3-5-7-10-9(8)11/h2-3,5-6H,1,4,7H2,(H,10,11)/b5-3-,8-6?. The predicted octanol–water partition coefficient (Wildman–Crippen LogP) is 1.17. The number of hydrogen-bond donors (Lipinski definition) is 1. The van der Waals surface area contributed by atoms with Crippen LogP contribution in [0.4, 0.5) is 0 Å². The summed E-state index contributed by atoms with van der Waals surface area (Å²) in [4.78, 5) is 11.1. The van der Waals surface area contributed by atoms with Crippen molar-refractivity contribution in [2.24, 2.45) is 0 Å². The molecule has 1 N–H and O–H groups in total. The molecule has 0 aliphatic carbocycles. The first-order valence-corrected chi connectivity index (χ1v) is 3.60. The van der Waals surface area contributed by atoms with E-state index in [1.165, 1.54) is 0 Å². The summed E-state index contributed by atoms with van der Waals surface area (Å²) < 4.78 is 0. The van der Waals surface area contributed by atoms with E-state index in [1.54, 1.807) is 6.08 Å². The molecule has 0 fully saturated rings. The quantitative estimate of drug-likeness (QED) is 0.557. The highest BCUT2D eigenvalue weighted by molar-refractivity contribution is 5.96. The molecule has 58 valence electrons. The van der Waals surface area contributed by atoms with Gasteiger partial charge in [-0.3, -0.25) is 4.79 Å². The average molecular weight is 149 g/mol. The second-order valence-corrected chi connectivity index (χ2v) is 2.28. The van der Waals surface area contributed by atoms with Crippen molar-refractivity contribution in [1.82, 2.24) is 5.32 Å². The first-order chi connectivity index (χ1) is 5.34. The number of hydrogen-bond acceptors (Lipinski definition) is 1. The van der Waals surface area contributed by atoms with E-state index >= 15 is 0 Å². The normalized spacial score (nSPS) is 20.7. The molecule has 1 aliphatic rings. The molecule has 0 saturated carbocycles. The van der Waals surface area contributed by atoms with E-state index in [0.29, 0.717) is 12.1 Å². The SMILES string of the molecule is C=CC1=CC/C=C\CNC1=O. The van der Waals surface area contributed by atoms with Gasteiger partial charge in [0.05, 0.1) is 0 Å². The van der Waals surface area contributed by atoms with Crippen LogP contribution in [0, 0.1) is 0 Å². The van der Waals surface area contributed by atoms with Crippen LogP contribution in [0.2, 0.25) is 0 Å². The number of allylic oxidation sites excluding steroid dienone is 2. The fourth-order valence-electron chi connectivity index (χ4n) is 0.897. The van der Waals surface area contributed by atoms with E-state index in [0.717, 1.165) is 6.42 Å². The monoisotopic (exact) mass is 149 g/mol. The molecule has 0 saturated heterocycles. The first kappa shape index (κ1) is 7.79. The lowest BCUT2D eigenvalue weighted by Crippen LogP contribution is -2.24. The Hall–Kier alpha value is -1.31. The van der Waals surface area contributed by atoms with Crippen LogP contribution in [-0.2, 0) is 4.79 Å². The summed E-state index contributed by atoms with van der Waals surface area (Å²) in [6.07, 6.45) is 8.21. The summed E-state index contributed by atoms with van der Waals surface area (Å²) in [5.41, 5.74) is 0.661. The van der Waals surface area contributed by atoms with E-state index in [9.17, 15) is 4.79 Å². The maximum atomic E-state index is 11.1. The van der Waals surface area contributed by atoms with Crippen molar-refractivity contribution in [2.75, 3.05) is 6.54 Å². The third-order valence-corrected chi connectivity index (χ3v) is 1.50. The van der Waals surface area contributed by atoms with Gasteiger partial charge < -0.3 is 5.32 Å². The third-order valence-electron chi connectivity index (χ3n) is 1.50. The average Bonchev–Trinajstić information content (AvgIpc) is 1.98. The van der Waals surface area contributed by atoms with Gasteiger partial charge in [0.1, 0.15) is 0 Å². The van der Waals surface area contributed by atoms with Gasteiger partial charge in [-0.1, -0.05) is 30.9 Å². The van der Waals surface area contributed by atoms with Crippen LogP contribution in [0.3, 0.4) is 0 Å². The summed E-state index contributed by atoms with van der Waals surface area (Å²) >= 11 is 0. The fraction of sp³-hybridized carbons (Fsp3) is 0.222. The van der Waals surface area contributed by atoms with Gasteiger partial charge in [0.25, 0.3) is 5.91 Å². The van der Waals surface area contributed by atoms with Gasteiger partial charge in [-0.05, 0) is 6.42 Å². The van der Waals surface area contributed by atoms with Crippen LogP contribution in [0.25, 0.3) is 0 Å². The summed E-state index contributed by atoms with van der Waals surface area (Å²) in [6.45, 7) is 4.17. The molecule has 0 aromatic carbocycles. The smallest absolute Gasteiger partial charge is 0.251 e. The molecular formula is C9H11NO. The van der Waals surface area contributed by atoms with Gasteiger partial charge in [-0.15, -0.1) is 0 Å². The van der Waals surface area contributed by atoms with Crippen molar-refractivity contribution in [3.63, 3.8) is 0 Å². The summed E-state index contributed by atoms with van der Waals surface area (Å²) in [6, 6.07) is 0. The highest BCUT2D eigenvalue weighted by Crippen LogP contribution is 2.01. The minimum Gasteiger partial charge on any atom is -0.349 e. The highest BCUT2D eigenvalue weighted by atomic mass is 16.1. The Balaban J connectivity index is 2.75. The Bertz CT molecular complexity index is 226. The van der Waals surface area contributed by atoms with Crippen molar-refractivity contribution in [1.29, 1.82) is 0 Å². The number of carbonyl (C=O) groups is 1. The summed E-state index contributed by atoms with van der Waals surface area (Å²) in [5.74, 6) is -0.0376. The second kappa shape index (κ2) is 3.76. The lowest BCUT2D eigenvalue weighted by Gasteiger charge is -2.04. The molecule has 11 heavy (non-hydrogen) atoms. The zero-order chi connectivity index (χ0) is 8.10. The third kappa shape index (κ3) is 2.08. The summed E-state index contributed by atoms with van der Waals surface area (Å²) in [7, 11) is 0. The molecule has 0 unspecified atom stereocenters. The van der Waals surface area contributed by atoms with Gasteiger partial charge in [0.2, 0.25) is 0 Å². The lowest BCUT2D eigenvalue weighted by atomic mass is 10.1. The molecule has 1 aliphatic heterocycles. The van der Waals surface area contributed by atoms with Gasteiger partial charge in [-0.25, -0.2) is 0 Å². The largest absolute Gasteiger partial charge is 0.349 e. The number of carbonyl (C=O) groups excluding carboxylic acids is 1. The van der Waals surface area contributed by atoms with Crippen molar-refractivity contribution in [3.05, 3.63) is 36.5 Å². The van der Waals surface area contributed by atoms with Crippen LogP contribution in [0.1, 0.15) is 6.42 Å². The Morgan fingerprint density at radius 1 is 1.55 bits per heavy atom. The predicted molar refractivity (Wildman–Crippen MR) is 45.0 cm³/mol. The molecule has 1 rings (SSSR count). The molecule has 0 spiro atoms. The number of nitrogens with one attached hydrogen (secondary N) is 1. The number of rotatable bonds is 1. The van der Waals surface area contributed by atoms with Crippen LogP contribution in [0.5, 0.6) is 0 Å². The van der Waals surface area contributed by atoms with Crippen LogP contribution >= 0.6 is 0 Å². The zero-order valence-electron chi connectivity index (χ0n) is 6.34. The molecule has 0 aromatic rings.